The highest BCUT2D eigenvalue weighted by Crippen LogP contribution is 2.38. The smallest absolute Gasteiger partial charge is 0.379 e. The summed E-state index contributed by atoms with van der Waals surface area (Å²) in [6, 6.07) is 11.0. The van der Waals surface area contributed by atoms with E-state index in [0.29, 0.717) is 0 Å². The van der Waals surface area contributed by atoms with E-state index < -0.39 is 11.7 Å². The molecule has 20 heavy (non-hydrogen) atoms. The number of nitrogens with one attached hydrogen (secondary N) is 1. The highest BCUT2D eigenvalue weighted by atomic mass is 79.9. The molecule has 0 bridgehead atoms. The maximum Gasteiger partial charge on any atom is 0.418 e. The second-order valence-electron chi connectivity index (χ2n) is 4.14. The Morgan fingerprint density at radius 3 is 2.45 bits per heavy atom. The zero-order valence-corrected chi connectivity index (χ0v) is 12.5. The number of benzene rings is 2. The largest absolute Gasteiger partial charge is 0.418 e. The third-order valence-electron chi connectivity index (χ3n) is 2.68. The van der Waals surface area contributed by atoms with E-state index >= 15 is 0 Å². The van der Waals surface area contributed by atoms with Crippen molar-refractivity contribution in [2.75, 3.05) is 5.32 Å². The minimum Gasteiger partial charge on any atom is -0.379 e. The molecule has 0 heterocycles. The number of alkyl halides is 3. The van der Waals surface area contributed by atoms with Crippen molar-refractivity contribution in [1.29, 1.82) is 0 Å². The molecule has 0 saturated carbocycles. The summed E-state index contributed by atoms with van der Waals surface area (Å²) in [6.07, 6.45) is -4.44. The molecule has 2 aromatic rings. The number of hydrogen-bond donors (Lipinski definition) is 1. The van der Waals surface area contributed by atoms with Crippen molar-refractivity contribution in [3.8, 4) is 0 Å². The third-order valence-corrected chi connectivity index (χ3v) is 3.49. The van der Waals surface area contributed by atoms with Gasteiger partial charge in [0.05, 0.1) is 16.3 Å². The number of hydrogen-bond acceptors (Lipinski definition) is 1. The summed E-state index contributed by atoms with van der Waals surface area (Å²) in [7, 11) is 0. The van der Waals surface area contributed by atoms with Crippen LogP contribution in [-0.4, -0.2) is 0 Å². The molecule has 0 spiro atoms. The second kappa shape index (κ2) is 6.06. The Bertz CT molecular complexity index is 614. The monoisotopic (exact) mass is 363 g/mol. The van der Waals surface area contributed by atoms with Gasteiger partial charge in [-0.2, -0.15) is 13.2 Å². The maximum atomic E-state index is 12.9. The van der Waals surface area contributed by atoms with Crippen molar-refractivity contribution in [2.45, 2.75) is 12.7 Å². The standard InChI is InChI=1S/C14H10BrClF3N/c15-10-4-1-3-9(7-10)8-20-13-11(14(17,18)19)5-2-6-12(13)16/h1-7,20H,8H2. The van der Waals surface area contributed by atoms with Crippen molar-refractivity contribution in [1.82, 2.24) is 0 Å². The molecule has 0 amide bonds. The van der Waals surface area contributed by atoms with Gasteiger partial charge in [-0.1, -0.05) is 45.7 Å². The quantitative estimate of drug-likeness (QED) is 0.733. The molecule has 0 atom stereocenters. The van der Waals surface area contributed by atoms with Gasteiger partial charge in [-0.25, -0.2) is 0 Å². The fourth-order valence-corrected chi connectivity index (χ4v) is 2.47. The summed E-state index contributed by atoms with van der Waals surface area (Å²) in [5, 5.41) is 2.81. The van der Waals surface area contributed by atoms with Crippen LogP contribution in [-0.2, 0) is 12.7 Å². The Morgan fingerprint density at radius 1 is 1.10 bits per heavy atom. The average molecular weight is 365 g/mol. The van der Waals surface area contributed by atoms with Gasteiger partial charge < -0.3 is 5.32 Å². The Hall–Kier alpha value is -1.20. The van der Waals surface area contributed by atoms with Crippen LogP contribution in [0.15, 0.2) is 46.9 Å². The van der Waals surface area contributed by atoms with E-state index in [4.69, 9.17) is 11.6 Å². The molecule has 1 nitrogen and oxygen atoms in total. The van der Waals surface area contributed by atoms with Gasteiger partial charge in [-0.05, 0) is 29.8 Å². The van der Waals surface area contributed by atoms with Gasteiger partial charge in [0.25, 0.3) is 0 Å². The molecule has 2 aromatic carbocycles. The first-order valence-electron chi connectivity index (χ1n) is 5.72. The Labute approximate surface area is 127 Å². The van der Waals surface area contributed by atoms with Crippen LogP contribution < -0.4 is 5.32 Å². The number of rotatable bonds is 3. The molecule has 6 heteroatoms. The van der Waals surface area contributed by atoms with Crippen LogP contribution in [0.4, 0.5) is 18.9 Å². The molecule has 0 aliphatic carbocycles. The van der Waals surface area contributed by atoms with Crippen LogP contribution in [0.2, 0.25) is 5.02 Å². The lowest BCUT2D eigenvalue weighted by molar-refractivity contribution is -0.136. The highest BCUT2D eigenvalue weighted by Gasteiger charge is 2.34. The highest BCUT2D eigenvalue weighted by molar-refractivity contribution is 9.10. The van der Waals surface area contributed by atoms with Gasteiger partial charge in [-0.15, -0.1) is 0 Å². The Morgan fingerprint density at radius 2 is 1.80 bits per heavy atom. The summed E-state index contributed by atoms with van der Waals surface area (Å²) in [5.41, 5.74) is -0.00550. The van der Waals surface area contributed by atoms with Gasteiger partial charge >= 0.3 is 6.18 Å². The Balaban J connectivity index is 2.25. The van der Waals surface area contributed by atoms with Gasteiger partial charge in [0.1, 0.15) is 0 Å². The Kier molecular flexibility index (Phi) is 4.60. The molecule has 2 rings (SSSR count). The van der Waals surface area contributed by atoms with Crippen molar-refractivity contribution in [3.63, 3.8) is 0 Å². The first kappa shape index (κ1) is 15.2. The van der Waals surface area contributed by atoms with Crippen molar-refractivity contribution < 1.29 is 13.2 Å². The van der Waals surface area contributed by atoms with Crippen LogP contribution in [0.1, 0.15) is 11.1 Å². The lowest BCUT2D eigenvalue weighted by Crippen LogP contribution is -2.11. The molecule has 0 unspecified atom stereocenters. The van der Waals surface area contributed by atoms with E-state index in [2.05, 4.69) is 21.2 Å². The predicted octanol–water partition coefficient (Wildman–Crippen LogP) is 5.73. The molecule has 0 aliphatic rings. The topological polar surface area (TPSA) is 12.0 Å². The summed E-state index contributed by atoms with van der Waals surface area (Å²) in [5.74, 6) is 0. The molecule has 106 valence electrons. The van der Waals surface area contributed by atoms with E-state index in [-0.39, 0.29) is 17.3 Å². The zero-order chi connectivity index (χ0) is 14.8. The average Bonchev–Trinajstić information content (AvgIpc) is 2.36. The lowest BCUT2D eigenvalue weighted by atomic mass is 10.1. The van der Waals surface area contributed by atoms with Crippen molar-refractivity contribution in [3.05, 3.63) is 63.1 Å². The van der Waals surface area contributed by atoms with E-state index in [1.165, 1.54) is 12.1 Å². The fraction of sp³-hybridized carbons (Fsp3) is 0.143. The third kappa shape index (κ3) is 3.67. The lowest BCUT2D eigenvalue weighted by Gasteiger charge is -2.16. The van der Waals surface area contributed by atoms with E-state index in [1.807, 2.05) is 24.3 Å². The molecule has 0 saturated heterocycles. The molecule has 0 radical (unpaired) electrons. The van der Waals surface area contributed by atoms with Crippen LogP contribution in [0.3, 0.4) is 0 Å². The molecule has 0 aromatic heterocycles. The van der Waals surface area contributed by atoms with E-state index in [0.717, 1.165) is 16.1 Å². The molecule has 0 aliphatic heterocycles. The summed E-state index contributed by atoms with van der Waals surface area (Å²) in [4.78, 5) is 0. The predicted molar refractivity (Wildman–Crippen MR) is 77.9 cm³/mol. The van der Waals surface area contributed by atoms with Crippen LogP contribution in [0.5, 0.6) is 0 Å². The summed E-state index contributed by atoms with van der Waals surface area (Å²) in [6.45, 7) is 0.256. The molecule has 0 fully saturated rings. The normalized spacial score (nSPS) is 11.4. The summed E-state index contributed by atoms with van der Waals surface area (Å²) < 4.78 is 39.6. The van der Waals surface area contributed by atoms with Crippen LogP contribution >= 0.6 is 27.5 Å². The van der Waals surface area contributed by atoms with Crippen LogP contribution in [0, 0.1) is 0 Å². The minimum absolute atomic E-state index is 0.0508. The fourth-order valence-electron chi connectivity index (χ4n) is 1.78. The number of para-hydroxylation sites is 1. The minimum atomic E-state index is -4.44. The van der Waals surface area contributed by atoms with Gasteiger partial charge in [0, 0.05) is 11.0 Å². The first-order valence-corrected chi connectivity index (χ1v) is 6.89. The molecule has 1 N–H and O–H groups in total. The van der Waals surface area contributed by atoms with Gasteiger partial charge in [-0.3, -0.25) is 0 Å². The second-order valence-corrected chi connectivity index (χ2v) is 5.47. The van der Waals surface area contributed by atoms with E-state index in [1.54, 1.807) is 0 Å². The molecular weight excluding hydrogens is 355 g/mol. The van der Waals surface area contributed by atoms with Gasteiger partial charge in [0.2, 0.25) is 0 Å². The van der Waals surface area contributed by atoms with Gasteiger partial charge in [0.15, 0.2) is 0 Å². The maximum absolute atomic E-state index is 12.9. The van der Waals surface area contributed by atoms with Crippen molar-refractivity contribution in [2.24, 2.45) is 0 Å². The number of anilines is 1. The van der Waals surface area contributed by atoms with Crippen molar-refractivity contribution >= 4 is 33.2 Å². The number of halogens is 5. The van der Waals surface area contributed by atoms with E-state index in [9.17, 15) is 13.2 Å². The first-order chi connectivity index (χ1) is 9.38. The van der Waals surface area contributed by atoms with Crippen LogP contribution in [0.25, 0.3) is 0 Å². The summed E-state index contributed by atoms with van der Waals surface area (Å²) >= 11 is 9.18. The molecular formula is C14H10BrClF3N. The zero-order valence-electron chi connectivity index (χ0n) is 10.1. The SMILES string of the molecule is FC(F)(F)c1cccc(Cl)c1NCc1cccc(Br)c1.